The Hall–Kier alpha value is -2.13. The van der Waals surface area contributed by atoms with E-state index in [0.29, 0.717) is 6.42 Å². The molecule has 0 radical (unpaired) electrons. The summed E-state index contributed by atoms with van der Waals surface area (Å²) < 4.78 is 15.4. The molecular formula is C18H24O6. The first-order chi connectivity index (χ1) is 11.4. The maximum atomic E-state index is 11.7. The topological polar surface area (TPSA) is 78.9 Å². The molecule has 0 saturated carbocycles. The van der Waals surface area contributed by atoms with Crippen LogP contribution in [0.25, 0.3) is 0 Å². The molecule has 0 saturated heterocycles. The second kappa shape index (κ2) is 10.6. The quantitative estimate of drug-likeness (QED) is 0.402. The van der Waals surface area contributed by atoms with E-state index in [0.717, 1.165) is 12.8 Å². The van der Waals surface area contributed by atoms with Crippen LogP contribution in [-0.4, -0.2) is 42.6 Å². The highest BCUT2D eigenvalue weighted by Gasteiger charge is 2.27. The molecule has 24 heavy (non-hydrogen) atoms. The molecule has 3 atom stereocenters. The van der Waals surface area contributed by atoms with Gasteiger partial charge in [-0.15, -0.1) is 5.92 Å². The van der Waals surface area contributed by atoms with E-state index in [4.69, 9.17) is 14.2 Å². The second-order valence-electron chi connectivity index (χ2n) is 5.45. The summed E-state index contributed by atoms with van der Waals surface area (Å²) in [6.45, 7) is 5.20. The molecule has 0 aliphatic carbocycles. The molecule has 6 heteroatoms. The molecule has 0 amide bonds. The minimum Gasteiger partial charge on any atom is -0.466 e. The Balaban J connectivity index is 2.38. The smallest absolute Gasteiger partial charge is 0.308 e. The molecule has 6 nitrogen and oxygen atoms in total. The lowest BCUT2D eigenvalue weighted by atomic mass is 10.1. The molecule has 0 N–H and O–H groups in total. The Labute approximate surface area is 142 Å². The number of rotatable bonds is 7. The molecule has 0 bridgehead atoms. The fraction of sp³-hybridized carbons (Fsp3) is 0.611. The number of unbranched alkanes of at least 4 members (excludes halogenated alkanes) is 1. The monoisotopic (exact) mass is 336 g/mol. The zero-order valence-corrected chi connectivity index (χ0v) is 14.4. The van der Waals surface area contributed by atoms with Gasteiger partial charge in [0, 0.05) is 13.3 Å². The third kappa shape index (κ3) is 7.93. The van der Waals surface area contributed by atoms with E-state index in [2.05, 4.69) is 11.8 Å². The lowest BCUT2D eigenvalue weighted by Gasteiger charge is -2.21. The molecular weight excluding hydrogens is 312 g/mol. The number of esters is 2. The van der Waals surface area contributed by atoms with Gasteiger partial charge in [0.1, 0.15) is 12.2 Å². The first kappa shape index (κ1) is 19.9. The van der Waals surface area contributed by atoms with Crippen LogP contribution in [0.5, 0.6) is 0 Å². The van der Waals surface area contributed by atoms with Gasteiger partial charge in [0.05, 0.1) is 19.1 Å². The van der Waals surface area contributed by atoms with E-state index in [1.807, 2.05) is 6.92 Å². The Morgan fingerprint density at radius 2 is 2.17 bits per heavy atom. The summed E-state index contributed by atoms with van der Waals surface area (Å²) in [4.78, 5) is 34.0. The van der Waals surface area contributed by atoms with Gasteiger partial charge < -0.3 is 14.2 Å². The van der Waals surface area contributed by atoms with Gasteiger partial charge in [-0.25, -0.2) is 0 Å². The normalized spacial score (nSPS) is 20.7. The van der Waals surface area contributed by atoms with Crippen molar-refractivity contribution in [3.05, 3.63) is 12.2 Å². The number of ether oxygens (including phenoxy) is 3. The van der Waals surface area contributed by atoms with E-state index >= 15 is 0 Å². The van der Waals surface area contributed by atoms with Gasteiger partial charge in [0.25, 0.3) is 0 Å². The van der Waals surface area contributed by atoms with Gasteiger partial charge in [-0.1, -0.05) is 5.92 Å². The lowest BCUT2D eigenvalue weighted by molar-refractivity contribution is -0.150. The average molecular weight is 336 g/mol. The summed E-state index contributed by atoms with van der Waals surface area (Å²) in [7, 11) is 0. The third-order valence-electron chi connectivity index (χ3n) is 3.24. The summed E-state index contributed by atoms with van der Waals surface area (Å²) in [6, 6.07) is 0. The van der Waals surface area contributed by atoms with Crippen molar-refractivity contribution in [3.8, 4) is 11.8 Å². The van der Waals surface area contributed by atoms with E-state index in [9.17, 15) is 14.4 Å². The summed E-state index contributed by atoms with van der Waals surface area (Å²) in [6.07, 6.45) is 3.58. The number of carbonyl (C=O) groups is 3. The molecule has 0 spiro atoms. The third-order valence-corrected chi connectivity index (χ3v) is 3.24. The van der Waals surface area contributed by atoms with Gasteiger partial charge in [-0.2, -0.15) is 0 Å². The van der Waals surface area contributed by atoms with Crippen LogP contribution >= 0.6 is 0 Å². The van der Waals surface area contributed by atoms with Crippen LogP contribution in [0.3, 0.4) is 0 Å². The number of carbonyl (C=O) groups excluding carboxylic acids is 3. The van der Waals surface area contributed by atoms with Crippen LogP contribution < -0.4 is 0 Å². The predicted octanol–water partition coefficient (Wildman–Crippen LogP) is 1.96. The zero-order chi connectivity index (χ0) is 17.9. The molecule has 1 heterocycles. The number of ketones is 1. The van der Waals surface area contributed by atoms with Gasteiger partial charge in [-0.3, -0.25) is 14.4 Å². The standard InChI is InChI=1S/C18H24O6/c1-4-22-18(21)12-17-16(20)11-10-15(24-17)9-7-5-6-8-13(2)23-14(3)19/h10-11,13,15,17H,4-6,8,12H2,1-3H3/t13-,15-,17-/m0/s1. The first-order valence-corrected chi connectivity index (χ1v) is 8.11. The average Bonchev–Trinajstić information content (AvgIpc) is 2.49. The molecule has 1 rings (SSSR count). The molecule has 0 unspecified atom stereocenters. The maximum absolute atomic E-state index is 11.7. The van der Waals surface area contributed by atoms with E-state index in [-0.39, 0.29) is 30.9 Å². The highest BCUT2D eigenvalue weighted by molar-refractivity contribution is 5.96. The van der Waals surface area contributed by atoms with E-state index in [1.165, 1.54) is 13.0 Å². The van der Waals surface area contributed by atoms with Crippen LogP contribution in [0.2, 0.25) is 0 Å². The SMILES string of the molecule is CCOC(=O)C[C@@H]1O[C@@H](C#CCCC[C@H](C)OC(C)=O)C=CC1=O. The van der Waals surface area contributed by atoms with Crippen molar-refractivity contribution in [2.45, 2.75) is 64.8 Å². The number of hydrogen-bond acceptors (Lipinski definition) is 6. The second-order valence-corrected chi connectivity index (χ2v) is 5.45. The van der Waals surface area contributed by atoms with E-state index in [1.54, 1.807) is 13.0 Å². The lowest BCUT2D eigenvalue weighted by Crippen LogP contribution is -2.33. The van der Waals surface area contributed by atoms with Crippen molar-refractivity contribution < 1.29 is 28.6 Å². The summed E-state index contributed by atoms with van der Waals surface area (Å²) in [5.41, 5.74) is 0. The van der Waals surface area contributed by atoms with Crippen molar-refractivity contribution in [2.24, 2.45) is 0 Å². The minimum atomic E-state index is -0.836. The van der Waals surface area contributed by atoms with Crippen LogP contribution in [0.4, 0.5) is 0 Å². The fourth-order valence-corrected chi connectivity index (χ4v) is 2.17. The van der Waals surface area contributed by atoms with Crippen LogP contribution in [-0.2, 0) is 28.6 Å². The molecule has 1 aliphatic rings. The Bertz CT molecular complexity index is 539. The van der Waals surface area contributed by atoms with Crippen LogP contribution in [0.15, 0.2) is 12.2 Å². The van der Waals surface area contributed by atoms with Crippen LogP contribution in [0.1, 0.15) is 46.5 Å². The van der Waals surface area contributed by atoms with Crippen LogP contribution in [0, 0.1) is 11.8 Å². The Morgan fingerprint density at radius 1 is 1.42 bits per heavy atom. The summed E-state index contributed by atoms with van der Waals surface area (Å²) in [5, 5.41) is 0. The fourth-order valence-electron chi connectivity index (χ4n) is 2.17. The molecule has 0 fully saturated rings. The summed E-state index contributed by atoms with van der Waals surface area (Å²) >= 11 is 0. The Kier molecular flexibility index (Phi) is 8.80. The van der Waals surface area contributed by atoms with E-state index < -0.39 is 18.2 Å². The highest BCUT2D eigenvalue weighted by atomic mass is 16.5. The minimum absolute atomic E-state index is 0.102. The Morgan fingerprint density at radius 3 is 2.83 bits per heavy atom. The molecule has 0 aromatic heterocycles. The van der Waals surface area contributed by atoms with Crippen molar-refractivity contribution in [3.63, 3.8) is 0 Å². The van der Waals surface area contributed by atoms with Gasteiger partial charge in [-0.05, 0) is 38.8 Å². The molecule has 1 aliphatic heterocycles. The van der Waals surface area contributed by atoms with Gasteiger partial charge in [0.15, 0.2) is 5.78 Å². The molecule has 0 aromatic carbocycles. The van der Waals surface area contributed by atoms with Gasteiger partial charge >= 0.3 is 11.9 Å². The largest absolute Gasteiger partial charge is 0.466 e. The molecule has 132 valence electrons. The molecule has 0 aromatic rings. The summed E-state index contributed by atoms with van der Waals surface area (Å²) in [5.74, 6) is 4.90. The maximum Gasteiger partial charge on any atom is 0.308 e. The predicted molar refractivity (Wildman–Crippen MR) is 86.9 cm³/mol. The van der Waals surface area contributed by atoms with Crippen molar-refractivity contribution in [1.82, 2.24) is 0 Å². The highest BCUT2D eigenvalue weighted by Crippen LogP contribution is 2.13. The van der Waals surface area contributed by atoms with Gasteiger partial charge in [0.2, 0.25) is 0 Å². The van der Waals surface area contributed by atoms with Crippen molar-refractivity contribution >= 4 is 17.7 Å². The zero-order valence-electron chi connectivity index (χ0n) is 14.4. The first-order valence-electron chi connectivity index (χ1n) is 8.11. The number of hydrogen-bond donors (Lipinski definition) is 0. The van der Waals surface area contributed by atoms with Crippen molar-refractivity contribution in [1.29, 1.82) is 0 Å². The van der Waals surface area contributed by atoms with Crippen molar-refractivity contribution in [2.75, 3.05) is 6.61 Å².